The molecule has 0 amide bonds. The van der Waals surface area contributed by atoms with Crippen LogP contribution >= 0.6 is 46.0 Å². The van der Waals surface area contributed by atoms with Crippen molar-refractivity contribution in [1.29, 1.82) is 0 Å². The molecule has 0 unspecified atom stereocenters. The van der Waals surface area contributed by atoms with Crippen molar-refractivity contribution in [3.8, 4) is 0 Å². The lowest BCUT2D eigenvalue weighted by Gasteiger charge is -2.07. The molecular formula is C12H8ClFINS. The van der Waals surface area contributed by atoms with E-state index in [-0.39, 0.29) is 5.82 Å². The standard InChI is InChI=1S/C12H8ClFINS/c13-7-1-3-8(4-2-7)17-12-5-9(14)10(15)6-11(12)16/h1-6H,16H2. The maximum atomic E-state index is 13.4. The fourth-order valence-electron chi connectivity index (χ4n) is 1.26. The van der Waals surface area contributed by atoms with Gasteiger partial charge in [-0.3, -0.25) is 0 Å². The quantitative estimate of drug-likeness (QED) is 0.598. The van der Waals surface area contributed by atoms with Crippen LogP contribution in [0.4, 0.5) is 10.1 Å². The van der Waals surface area contributed by atoms with Gasteiger partial charge in [-0.05, 0) is 59.0 Å². The van der Waals surface area contributed by atoms with E-state index in [1.54, 1.807) is 18.2 Å². The van der Waals surface area contributed by atoms with Gasteiger partial charge in [0.05, 0.1) is 3.57 Å². The Morgan fingerprint density at radius 2 is 1.82 bits per heavy atom. The monoisotopic (exact) mass is 379 g/mol. The Morgan fingerprint density at radius 3 is 2.47 bits per heavy atom. The van der Waals surface area contributed by atoms with E-state index in [4.69, 9.17) is 17.3 Å². The summed E-state index contributed by atoms with van der Waals surface area (Å²) in [6.45, 7) is 0. The Bertz CT molecular complexity index is 545. The van der Waals surface area contributed by atoms with E-state index in [1.165, 1.54) is 17.8 Å². The first-order valence-electron chi connectivity index (χ1n) is 4.74. The zero-order valence-electron chi connectivity index (χ0n) is 8.58. The van der Waals surface area contributed by atoms with Crippen molar-refractivity contribution < 1.29 is 4.39 Å². The highest BCUT2D eigenvalue weighted by molar-refractivity contribution is 14.1. The lowest BCUT2D eigenvalue weighted by molar-refractivity contribution is 0.617. The first kappa shape index (κ1) is 13.0. The van der Waals surface area contributed by atoms with Gasteiger partial charge in [0, 0.05) is 20.5 Å². The molecule has 2 aromatic carbocycles. The molecule has 5 heteroatoms. The van der Waals surface area contributed by atoms with Gasteiger partial charge in [-0.25, -0.2) is 4.39 Å². The van der Waals surface area contributed by atoms with Gasteiger partial charge >= 0.3 is 0 Å². The van der Waals surface area contributed by atoms with E-state index in [0.29, 0.717) is 19.2 Å². The summed E-state index contributed by atoms with van der Waals surface area (Å²) in [5, 5.41) is 0.677. The molecule has 17 heavy (non-hydrogen) atoms. The molecule has 0 radical (unpaired) electrons. The van der Waals surface area contributed by atoms with Crippen LogP contribution in [0.25, 0.3) is 0 Å². The highest BCUT2D eigenvalue weighted by Gasteiger charge is 2.07. The van der Waals surface area contributed by atoms with Gasteiger partial charge in [0.25, 0.3) is 0 Å². The number of rotatable bonds is 2. The van der Waals surface area contributed by atoms with Crippen molar-refractivity contribution in [1.82, 2.24) is 0 Å². The number of hydrogen-bond acceptors (Lipinski definition) is 2. The first-order chi connectivity index (χ1) is 8.06. The van der Waals surface area contributed by atoms with Crippen LogP contribution in [0.15, 0.2) is 46.2 Å². The zero-order chi connectivity index (χ0) is 12.4. The minimum absolute atomic E-state index is 0.253. The maximum absolute atomic E-state index is 13.4. The Balaban J connectivity index is 2.30. The molecule has 0 aliphatic heterocycles. The lowest BCUT2D eigenvalue weighted by Crippen LogP contribution is -1.92. The van der Waals surface area contributed by atoms with Gasteiger partial charge in [0.15, 0.2) is 0 Å². The molecule has 0 spiro atoms. The van der Waals surface area contributed by atoms with E-state index in [9.17, 15) is 4.39 Å². The molecule has 0 bridgehead atoms. The molecule has 2 aromatic rings. The van der Waals surface area contributed by atoms with Crippen LogP contribution in [-0.4, -0.2) is 0 Å². The van der Waals surface area contributed by atoms with E-state index >= 15 is 0 Å². The second-order valence-electron chi connectivity index (χ2n) is 3.36. The summed E-state index contributed by atoms with van der Waals surface area (Å²) in [5.74, 6) is -0.253. The third kappa shape index (κ3) is 3.26. The van der Waals surface area contributed by atoms with Crippen molar-refractivity contribution in [2.45, 2.75) is 9.79 Å². The SMILES string of the molecule is Nc1cc(I)c(F)cc1Sc1ccc(Cl)cc1. The van der Waals surface area contributed by atoms with Crippen LogP contribution < -0.4 is 5.73 Å². The van der Waals surface area contributed by atoms with Crippen molar-refractivity contribution in [2.24, 2.45) is 0 Å². The number of hydrogen-bond donors (Lipinski definition) is 1. The minimum Gasteiger partial charge on any atom is -0.398 e. The lowest BCUT2D eigenvalue weighted by atomic mass is 10.3. The summed E-state index contributed by atoms with van der Waals surface area (Å²) >= 11 is 9.14. The smallest absolute Gasteiger partial charge is 0.137 e. The van der Waals surface area contributed by atoms with Gasteiger partial charge in [-0.2, -0.15) is 0 Å². The molecule has 2 rings (SSSR count). The number of nitrogen functional groups attached to an aromatic ring is 1. The molecule has 0 fully saturated rings. The summed E-state index contributed by atoms with van der Waals surface area (Å²) in [6.07, 6.45) is 0. The van der Waals surface area contributed by atoms with Crippen LogP contribution in [0.3, 0.4) is 0 Å². The highest BCUT2D eigenvalue weighted by atomic mass is 127. The molecule has 88 valence electrons. The first-order valence-corrected chi connectivity index (χ1v) is 7.01. The zero-order valence-corrected chi connectivity index (χ0v) is 12.3. The third-order valence-electron chi connectivity index (χ3n) is 2.09. The summed E-state index contributed by atoms with van der Waals surface area (Å²) in [6, 6.07) is 10.4. The average Bonchev–Trinajstić information content (AvgIpc) is 2.29. The Hall–Kier alpha value is -0.460. The second kappa shape index (κ2) is 5.46. The Morgan fingerprint density at radius 1 is 1.18 bits per heavy atom. The molecule has 0 saturated carbocycles. The fraction of sp³-hybridized carbons (Fsp3) is 0. The summed E-state index contributed by atoms with van der Waals surface area (Å²) in [7, 11) is 0. The Kier molecular flexibility index (Phi) is 4.17. The van der Waals surface area contributed by atoms with Crippen molar-refractivity contribution in [2.75, 3.05) is 5.73 Å². The van der Waals surface area contributed by atoms with Crippen LogP contribution in [-0.2, 0) is 0 Å². The molecule has 0 heterocycles. The van der Waals surface area contributed by atoms with Gasteiger partial charge < -0.3 is 5.73 Å². The molecule has 0 atom stereocenters. The predicted molar refractivity (Wildman–Crippen MR) is 79.1 cm³/mol. The highest BCUT2D eigenvalue weighted by Crippen LogP contribution is 2.34. The summed E-state index contributed by atoms with van der Waals surface area (Å²) in [5.41, 5.74) is 6.43. The van der Waals surface area contributed by atoms with Gasteiger partial charge in [-0.15, -0.1) is 0 Å². The minimum atomic E-state index is -0.253. The normalized spacial score (nSPS) is 10.5. The van der Waals surface area contributed by atoms with Crippen molar-refractivity contribution in [3.05, 3.63) is 50.8 Å². The number of halogens is 3. The van der Waals surface area contributed by atoms with Crippen LogP contribution in [0, 0.1) is 9.39 Å². The van der Waals surface area contributed by atoms with Crippen molar-refractivity contribution in [3.63, 3.8) is 0 Å². The molecule has 0 aliphatic rings. The molecule has 2 N–H and O–H groups in total. The molecule has 0 aliphatic carbocycles. The van der Waals surface area contributed by atoms with Crippen LogP contribution in [0.5, 0.6) is 0 Å². The van der Waals surface area contributed by atoms with Crippen molar-refractivity contribution >= 4 is 51.6 Å². The van der Waals surface area contributed by atoms with E-state index in [2.05, 4.69) is 0 Å². The van der Waals surface area contributed by atoms with Crippen LogP contribution in [0.2, 0.25) is 5.02 Å². The van der Waals surface area contributed by atoms with Gasteiger partial charge in [-0.1, -0.05) is 23.4 Å². The fourth-order valence-corrected chi connectivity index (χ4v) is 2.74. The third-order valence-corrected chi connectivity index (χ3v) is 4.25. The predicted octanol–water partition coefficient (Wildman–Crippen LogP) is 4.82. The number of anilines is 1. The largest absolute Gasteiger partial charge is 0.398 e. The molecule has 0 aromatic heterocycles. The summed E-state index contributed by atoms with van der Waals surface area (Å²) in [4.78, 5) is 1.69. The number of nitrogens with two attached hydrogens (primary N) is 1. The average molecular weight is 380 g/mol. The maximum Gasteiger partial charge on any atom is 0.137 e. The van der Waals surface area contributed by atoms with Crippen LogP contribution in [0.1, 0.15) is 0 Å². The van der Waals surface area contributed by atoms with E-state index < -0.39 is 0 Å². The molecular weight excluding hydrogens is 372 g/mol. The topological polar surface area (TPSA) is 26.0 Å². The van der Waals surface area contributed by atoms with E-state index in [1.807, 2.05) is 34.7 Å². The second-order valence-corrected chi connectivity index (χ2v) is 6.07. The Labute approximate surface area is 122 Å². The summed E-state index contributed by atoms with van der Waals surface area (Å²) < 4.78 is 14.0. The number of benzene rings is 2. The van der Waals surface area contributed by atoms with Gasteiger partial charge in [0.1, 0.15) is 5.82 Å². The molecule has 0 saturated heterocycles. The van der Waals surface area contributed by atoms with E-state index in [0.717, 1.165) is 4.90 Å². The van der Waals surface area contributed by atoms with Gasteiger partial charge in [0.2, 0.25) is 0 Å². The molecule has 1 nitrogen and oxygen atoms in total.